The number of nitriles is 1. The molecule has 3 heterocycles. The average molecular weight is 257 g/mol. The van der Waals surface area contributed by atoms with Crippen LogP contribution in [0, 0.1) is 11.3 Å². The van der Waals surface area contributed by atoms with Crippen LogP contribution in [0.2, 0.25) is 0 Å². The molecule has 2 saturated heterocycles. The third kappa shape index (κ3) is 2.36. The number of hydrogen-bond donors (Lipinski definition) is 2. The third-order valence-corrected chi connectivity index (χ3v) is 4.22. The van der Waals surface area contributed by atoms with Crippen molar-refractivity contribution in [3.63, 3.8) is 0 Å². The monoisotopic (exact) mass is 257 g/mol. The maximum Gasteiger partial charge on any atom is 0.165 e. The highest BCUT2D eigenvalue weighted by Crippen LogP contribution is 2.29. The van der Waals surface area contributed by atoms with Crippen LogP contribution in [0.1, 0.15) is 31.4 Å². The van der Waals surface area contributed by atoms with Gasteiger partial charge in [0.2, 0.25) is 0 Å². The molecule has 0 saturated carbocycles. The van der Waals surface area contributed by atoms with Crippen molar-refractivity contribution in [1.82, 2.24) is 9.88 Å². The van der Waals surface area contributed by atoms with Gasteiger partial charge >= 0.3 is 0 Å². The molecule has 0 bridgehead atoms. The summed E-state index contributed by atoms with van der Waals surface area (Å²) in [5.41, 5.74) is 6.45. The first-order chi connectivity index (χ1) is 9.28. The van der Waals surface area contributed by atoms with E-state index < -0.39 is 0 Å². The van der Waals surface area contributed by atoms with Crippen LogP contribution in [-0.4, -0.2) is 35.1 Å². The van der Waals surface area contributed by atoms with E-state index in [0.29, 0.717) is 23.5 Å². The van der Waals surface area contributed by atoms with Gasteiger partial charge in [-0.3, -0.25) is 4.90 Å². The number of anilines is 2. The zero-order valence-corrected chi connectivity index (χ0v) is 11.0. The number of nitrogens with zero attached hydrogens (tertiary/aromatic N) is 3. The quantitative estimate of drug-likeness (QED) is 0.841. The Morgan fingerprint density at radius 1 is 1.32 bits per heavy atom. The second-order valence-corrected chi connectivity index (χ2v) is 5.38. The second kappa shape index (κ2) is 5.06. The second-order valence-electron chi connectivity index (χ2n) is 5.38. The summed E-state index contributed by atoms with van der Waals surface area (Å²) < 4.78 is 0. The van der Waals surface area contributed by atoms with Crippen molar-refractivity contribution in [2.45, 2.75) is 37.8 Å². The number of pyridine rings is 1. The Morgan fingerprint density at radius 2 is 2.21 bits per heavy atom. The first kappa shape index (κ1) is 12.2. The Morgan fingerprint density at radius 3 is 3.05 bits per heavy atom. The van der Waals surface area contributed by atoms with Crippen LogP contribution < -0.4 is 11.1 Å². The SMILES string of the molecule is N#Cc1nc(NC2CCN3CCCCC23)ccc1N. The lowest BCUT2D eigenvalue weighted by Gasteiger charge is -2.32. The van der Waals surface area contributed by atoms with Gasteiger partial charge in [-0.25, -0.2) is 4.98 Å². The van der Waals surface area contributed by atoms with Gasteiger partial charge < -0.3 is 11.1 Å². The lowest BCUT2D eigenvalue weighted by Crippen LogP contribution is -2.41. The van der Waals surface area contributed by atoms with Gasteiger partial charge in [-0.05, 0) is 37.9 Å². The predicted octanol–water partition coefficient (Wildman–Crippen LogP) is 1.57. The summed E-state index contributed by atoms with van der Waals surface area (Å²) in [4.78, 5) is 6.85. The molecule has 19 heavy (non-hydrogen) atoms. The maximum absolute atomic E-state index is 8.96. The molecule has 0 spiro atoms. The fraction of sp³-hybridized carbons (Fsp3) is 0.571. The predicted molar refractivity (Wildman–Crippen MR) is 74.6 cm³/mol. The summed E-state index contributed by atoms with van der Waals surface area (Å²) in [6.07, 6.45) is 5.05. The van der Waals surface area contributed by atoms with Crippen molar-refractivity contribution in [3.05, 3.63) is 17.8 Å². The first-order valence-electron chi connectivity index (χ1n) is 6.95. The zero-order chi connectivity index (χ0) is 13.2. The summed E-state index contributed by atoms with van der Waals surface area (Å²) in [6, 6.07) is 6.72. The van der Waals surface area contributed by atoms with Crippen LogP contribution in [0.3, 0.4) is 0 Å². The molecule has 0 radical (unpaired) electrons. The van der Waals surface area contributed by atoms with Crippen molar-refractivity contribution >= 4 is 11.5 Å². The summed E-state index contributed by atoms with van der Waals surface area (Å²) in [5.74, 6) is 0.767. The first-order valence-corrected chi connectivity index (χ1v) is 6.95. The standard InChI is InChI=1S/C14H19N5/c15-9-12-10(16)4-5-14(18-12)17-11-6-8-19-7-2-1-3-13(11)19/h4-5,11,13H,1-3,6-8,16H2,(H,17,18). The van der Waals surface area contributed by atoms with Crippen LogP contribution in [0.25, 0.3) is 0 Å². The summed E-state index contributed by atoms with van der Waals surface area (Å²) in [7, 11) is 0. The molecular weight excluding hydrogens is 238 g/mol. The molecule has 100 valence electrons. The van der Waals surface area contributed by atoms with Crippen molar-refractivity contribution < 1.29 is 0 Å². The number of hydrogen-bond acceptors (Lipinski definition) is 5. The molecule has 2 atom stereocenters. The van der Waals surface area contributed by atoms with Crippen LogP contribution in [0.5, 0.6) is 0 Å². The van der Waals surface area contributed by atoms with Crippen molar-refractivity contribution in [2.75, 3.05) is 24.1 Å². The minimum absolute atomic E-state index is 0.309. The molecule has 2 fully saturated rings. The van der Waals surface area contributed by atoms with Crippen LogP contribution in [0.4, 0.5) is 11.5 Å². The fourth-order valence-electron chi connectivity index (χ4n) is 3.25. The molecule has 1 aromatic heterocycles. The third-order valence-electron chi connectivity index (χ3n) is 4.22. The van der Waals surface area contributed by atoms with Gasteiger partial charge in [0.1, 0.15) is 11.9 Å². The normalized spacial score (nSPS) is 26.7. The van der Waals surface area contributed by atoms with Gasteiger partial charge in [0.25, 0.3) is 0 Å². The Labute approximate surface area is 113 Å². The molecule has 2 unspecified atom stereocenters. The maximum atomic E-state index is 8.96. The van der Waals surface area contributed by atoms with E-state index in [9.17, 15) is 0 Å². The molecule has 0 aromatic carbocycles. The van der Waals surface area contributed by atoms with Crippen molar-refractivity contribution in [2.24, 2.45) is 0 Å². The number of nitrogens with two attached hydrogens (primary N) is 1. The Balaban J connectivity index is 1.73. The largest absolute Gasteiger partial charge is 0.396 e. The molecule has 2 aliphatic rings. The van der Waals surface area contributed by atoms with E-state index >= 15 is 0 Å². The number of piperidine rings is 1. The van der Waals surface area contributed by atoms with E-state index in [4.69, 9.17) is 11.0 Å². The molecule has 3 N–H and O–H groups in total. The Bertz CT molecular complexity index is 507. The van der Waals surface area contributed by atoms with Crippen LogP contribution >= 0.6 is 0 Å². The van der Waals surface area contributed by atoms with Gasteiger partial charge in [0.15, 0.2) is 5.69 Å². The highest BCUT2D eigenvalue weighted by atomic mass is 15.2. The van der Waals surface area contributed by atoms with E-state index in [2.05, 4.69) is 15.2 Å². The minimum atomic E-state index is 0.309. The molecular formula is C14H19N5. The molecule has 5 heteroatoms. The number of nitrogens with one attached hydrogen (secondary N) is 1. The van der Waals surface area contributed by atoms with E-state index in [1.165, 1.54) is 32.4 Å². The summed E-state index contributed by atoms with van der Waals surface area (Å²) in [6.45, 7) is 2.39. The minimum Gasteiger partial charge on any atom is -0.396 e. The van der Waals surface area contributed by atoms with Crippen LogP contribution in [-0.2, 0) is 0 Å². The van der Waals surface area contributed by atoms with Gasteiger partial charge in [-0.1, -0.05) is 6.42 Å². The number of rotatable bonds is 2. The van der Waals surface area contributed by atoms with Gasteiger partial charge in [-0.15, -0.1) is 0 Å². The number of fused-ring (bicyclic) bond motifs is 1. The smallest absolute Gasteiger partial charge is 0.165 e. The molecule has 0 amide bonds. The summed E-state index contributed by atoms with van der Waals surface area (Å²) >= 11 is 0. The highest BCUT2D eigenvalue weighted by Gasteiger charge is 2.35. The Kier molecular flexibility index (Phi) is 3.26. The molecule has 2 aliphatic heterocycles. The molecule has 0 aliphatic carbocycles. The van der Waals surface area contributed by atoms with Crippen LogP contribution in [0.15, 0.2) is 12.1 Å². The highest BCUT2D eigenvalue weighted by molar-refractivity contribution is 5.54. The molecule has 1 aromatic rings. The molecule has 5 nitrogen and oxygen atoms in total. The summed E-state index contributed by atoms with van der Waals surface area (Å²) in [5, 5.41) is 12.4. The average Bonchev–Trinajstić information content (AvgIpc) is 2.84. The van der Waals surface area contributed by atoms with Crippen molar-refractivity contribution in [1.29, 1.82) is 5.26 Å². The lowest BCUT2D eigenvalue weighted by molar-refractivity contribution is 0.192. The Hall–Kier alpha value is -1.80. The van der Waals surface area contributed by atoms with E-state index in [1.807, 2.05) is 12.1 Å². The zero-order valence-electron chi connectivity index (χ0n) is 11.0. The van der Waals surface area contributed by atoms with Gasteiger partial charge in [0.05, 0.1) is 5.69 Å². The van der Waals surface area contributed by atoms with E-state index in [1.54, 1.807) is 6.07 Å². The lowest BCUT2D eigenvalue weighted by atomic mass is 9.99. The van der Waals surface area contributed by atoms with E-state index in [-0.39, 0.29) is 0 Å². The van der Waals surface area contributed by atoms with Gasteiger partial charge in [0, 0.05) is 18.6 Å². The van der Waals surface area contributed by atoms with Gasteiger partial charge in [-0.2, -0.15) is 5.26 Å². The number of aromatic nitrogens is 1. The topological polar surface area (TPSA) is 78.0 Å². The molecule has 3 rings (SSSR count). The van der Waals surface area contributed by atoms with Crippen molar-refractivity contribution in [3.8, 4) is 6.07 Å². The fourth-order valence-corrected chi connectivity index (χ4v) is 3.25. The number of nitrogen functional groups attached to an aromatic ring is 1. The van der Waals surface area contributed by atoms with E-state index in [0.717, 1.165) is 12.2 Å².